The molecule has 94 valence electrons. The van der Waals surface area contributed by atoms with E-state index in [0.29, 0.717) is 0 Å². The van der Waals surface area contributed by atoms with E-state index in [1.807, 2.05) is 39.2 Å². The Morgan fingerprint density at radius 2 is 1.94 bits per heavy atom. The van der Waals surface area contributed by atoms with Crippen molar-refractivity contribution in [2.24, 2.45) is 0 Å². The van der Waals surface area contributed by atoms with Gasteiger partial charge in [0.2, 0.25) is 5.91 Å². The highest BCUT2D eigenvalue weighted by Gasteiger charge is 1.88. The molecule has 0 aliphatic rings. The van der Waals surface area contributed by atoms with Crippen molar-refractivity contribution in [2.45, 2.75) is 13.3 Å². The van der Waals surface area contributed by atoms with E-state index in [4.69, 9.17) is 0 Å². The number of nitrogens with zero attached hydrogens (tertiary/aromatic N) is 1. The zero-order valence-corrected chi connectivity index (χ0v) is 10.9. The lowest BCUT2D eigenvalue weighted by molar-refractivity contribution is -0.116. The molecule has 0 unspecified atom stereocenters. The van der Waals surface area contributed by atoms with E-state index in [0.717, 1.165) is 13.0 Å². The van der Waals surface area contributed by atoms with Crippen molar-refractivity contribution in [3.8, 4) is 0 Å². The summed E-state index contributed by atoms with van der Waals surface area (Å²) in [6.07, 6.45) is 2.25. The number of amides is 1. The number of benzene rings is 1. The van der Waals surface area contributed by atoms with Gasteiger partial charge in [0.1, 0.15) is 0 Å². The number of nitrogens with one attached hydrogen (secondary N) is 1. The van der Waals surface area contributed by atoms with Gasteiger partial charge in [0, 0.05) is 26.3 Å². The largest absolute Gasteiger partial charge is 0.378 e. The van der Waals surface area contributed by atoms with E-state index in [-0.39, 0.29) is 5.91 Å². The maximum Gasteiger partial charge on any atom is 0.243 e. The second-order valence-electron chi connectivity index (χ2n) is 3.73. The predicted octanol–water partition coefficient (Wildman–Crippen LogP) is 2.45. The van der Waals surface area contributed by atoms with Crippen LogP contribution in [-0.4, -0.2) is 26.5 Å². The number of rotatable bonds is 4. The summed E-state index contributed by atoms with van der Waals surface area (Å²) < 4.78 is 0. The van der Waals surface area contributed by atoms with Crippen molar-refractivity contribution >= 4 is 11.6 Å². The van der Waals surface area contributed by atoms with Gasteiger partial charge in [-0.1, -0.05) is 31.7 Å². The van der Waals surface area contributed by atoms with Crippen molar-refractivity contribution in [3.05, 3.63) is 43.0 Å². The van der Waals surface area contributed by atoms with Gasteiger partial charge in [0.05, 0.1) is 0 Å². The van der Waals surface area contributed by atoms with Crippen LogP contribution in [0.2, 0.25) is 0 Å². The summed E-state index contributed by atoms with van der Waals surface area (Å²) in [7, 11) is 4.07. The fourth-order valence-electron chi connectivity index (χ4n) is 1.05. The summed E-state index contributed by atoms with van der Waals surface area (Å²) in [5, 5.41) is 2.62. The highest BCUT2D eigenvalue weighted by Crippen LogP contribution is 2.07. The lowest BCUT2D eigenvalue weighted by atomic mass is 10.3. The van der Waals surface area contributed by atoms with Crippen LogP contribution in [0.4, 0.5) is 5.69 Å². The molecule has 0 heterocycles. The van der Waals surface area contributed by atoms with Crippen molar-refractivity contribution < 1.29 is 4.79 Å². The molecular weight excluding hydrogens is 212 g/mol. The fourth-order valence-corrected chi connectivity index (χ4v) is 1.05. The van der Waals surface area contributed by atoms with Crippen LogP contribution >= 0.6 is 0 Å². The zero-order valence-electron chi connectivity index (χ0n) is 10.9. The minimum atomic E-state index is -0.0909. The van der Waals surface area contributed by atoms with Gasteiger partial charge in [-0.3, -0.25) is 4.79 Å². The van der Waals surface area contributed by atoms with E-state index < -0.39 is 0 Å². The minimum Gasteiger partial charge on any atom is -0.378 e. The Bertz CT molecular complexity index is 320. The normalized spacial score (nSPS) is 8.65. The molecule has 0 aliphatic carbocycles. The SMILES string of the molecule is C=CC(=O)NCCC.CN(C)c1ccccc1. The van der Waals surface area contributed by atoms with Crippen molar-refractivity contribution in [2.75, 3.05) is 25.5 Å². The average Bonchev–Trinajstić information content (AvgIpc) is 2.37. The molecule has 0 aliphatic heterocycles. The first kappa shape index (κ1) is 15.2. The van der Waals surface area contributed by atoms with E-state index in [2.05, 4.69) is 28.9 Å². The highest BCUT2D eigenvalue weighted by atomic mass is 16.1. The van der Waals surface area contributed by atoms with Crippen LogP contribution in [0, 0.1) is 0 Å². The van der Waals surface area contributed by atoms with Gasteiger partial charge in [0.15, 0.2) is 0 Å². The standard InChI is InChI=1S/C8H11N.C6H11NO/c1-9(2)8-6-4-3-5-7-8;1-3-5-7-6(8)4-2/h3-7H,1-2H3;4H,2-3,5H2,1H3,(H,7,8). The van der Waals surface area contributed by atoms with Crippen LogP contribution in [0.1, 0.15) is 13.3 Å². The topological polar surface area (TPSA) is 32.3 Å². The molecule has 0 saturated carbocycles. The van der Waals surface area contributed by atoms with E-state index >= 15 is 0 Å². The van der Waals surface area contributed by atoms with E-state index in [1.165, 1.54) is 11.8 Å². The molecule has 0 spiro atoms. The minimum absolute atomic E-state index is 0.0909. The Kier molecular flexibility index (Phi) is 8.47. The highest BCUT2D eigenvalue weighted by molar-refractivity contribution is 5.86. The Morgan fingerprint density at radius 3 is 2.29 bits per heavy atom. The predicted molar refractivity (Wildman–Crippen MR) is 74.3 cm³/mol. The second kappa shape index (κ2) is 9.46. The molecule has 1 aromatic rings. The molecule has 1 rings (SSSR count). The van der Waals surface area contributed by atoms with Crippen LogP contribution in [0.15, 0.2) is 43.0 Å². The number of para-hydroxylation sites is 1. The molecule has 0 radical (unpaired) electrons. The molecule has 1 aromatic carbocycles. The maximum absolute atomic E-state index is 10.3. The van der Waals surface area contributed by atoms with E-state index in [9.17, 15) is 4.79 Å². The third-order valence-electron chi connectivity index (χ3n) is 2.01. The molecule has 17 heavy (non-hydrogen) atoms. The molecule has 1 N–H and O–H groups in total. The molecule has 0 bridgehead atoms. The van der Waals surface area contributed by atoms with Crippen molar-refractivity contribution in [3.63, 3.8) is 0 Å². The number of hydrogen-bond acceptors (Lipinski definition) is 2. The fraction of sp³-hybridized carbons (Fsp3) is 0.357. The van der Waals surface area contributed by atoms with Crippen molar-refractivity contribution in [1.29, 1.82) is 0 Å². The Hall–Kier alpha value is -1.77. The van der Waals surface area contributed by atoms with Crippen LogP contribution < -0.4 is 10.2 Å². The third-order valence-corrected chi connectivity index (χ3v) is 2.01. The zero-order chi connectivity index (χ0) is 13.1. The summed E-state index contributed by atoms with van der Waals surface area (Å²) in [6.45, 7) is 6.05. The molecular formula is C14H22N2O. The van der Waals surface area contributed by atoms with Gasteiger partial charge in [-0.05, 0) is 24.6 Å². The monoisotopic (exact) mass is 234 g/mol. The summed E-state index contributed by atoms with van der Waals surface area (Å²) >= 11 is 0. The smallest absolute Gasteiger partial charge is 0.243 e. The molecule has 3 nitrogen and oxygen atoms in total. The van der Waals surface area contributed by atoms with Gasteiger partial charge >= 0.3 is 0 Å². The Balaban J connectivity index is 0.000000304. The quantitative estimate of drug-likeness (QED) is 0.812. The van der Waals surface area contributed by atoms with Crippen LogP contribution in [0.5, 0.6) is 0 Å². The molecule has 0 atom stereocenters. The Labute approximate surface area is 104 Å². The molecule has 0 aromatic heterocycles. The summed E-state index contributed by atoms with van der Waals surface area (Å²) in [6, 6.07) is 10.3. The first-order valence-electron chi connectivity index (χ1n) is 5.74. The lowest BCUT2D eigenvalue weighted by Gasteiger charge is -2.10. The molecule has 1 amide bonds. The lowest BCUT2D eigenvalue weighted by Crippen LogP contribution is -2.20. The molecule has 0 saturated heterocycles. The maximum atomic E-state index is 10.3. The van der Waals surface area contributed by atoms with Crippen LogP contribution in [-0.2, 0) is 4.79 Å². The van der Waals surface area contributed by atoms with Gasteiger partial charge in [-0.2, -0.15) is 0 Å². The number of hydrogen-bond donors (Lipinski definition) is 1. The summed E-state index contributed by atoms with van der Waals surface area (Å²) in [5.74, 6) is -0.0909. The van der Waals surface area contributed by atoms with Crippen LogP contribution in [0.3, 0.4) is 0 Å². The summed E-state index contributed by atoms with van der Waals surface area (Å²) in [5.41, 5.74) is 1.25. The number of anilines is 1. The second-order valence-corrected chi connectivity index (χ2v) is 3.73. The Morgan fingerprint density at radius 1 is 1.35 bits per heavy atom. The van der Waals surface area contributed by atoms with Crippen LogP contribution in [0.25, 0.3) is 0 Å². The third kappa shape index (κ3) is 8.08. The van der Waals surface area contributed by atoms with E-state index in [1.54, 1.807) is 0 Å². The molecule has 3 heteroatoms. The number of carbonyl (C=O) groups is 1. The van der Waals surface area contributed by atoms with Crippen molar-refractivity contribution in [1.82, 2.24) is 5.32 Å². The van der Waals surface area contributed by atoms with Gasteiger partial charge in [-0.25, -0.2) is 0 Å². The van der Waals surface area contributed by atoms with Gasteiger partial charge < -0.3 is 10.2 Å². The first-order valence-corrected chi connectivity index (χ1v) is 5.74. The average molecular weight is 234 g/mol. The van der Waals surface area contributed by atoms with Gasteiger partial charge in [0.25, 0.3) is 0 Å². The van der Waals surface area contributed by atoms with Gasteiger partial charge in [-0.15, -0.1) is 0 Å². The number of carbonyl (C=O) groups excluding carboxylic acids is 1. The molecule has 0 fully saturated rings. The summed E-state index contributed by atoms with van der Waals surface area (Å²) in [4.78, 5) is 12.4. The first-order chi connectivity index (χ1) is 8.11.